The molecule has 0 bridgehead atoms. The van der Waals surface area contributed by atoms with Crippen molar-refractivity contribution in [2.24, 2.45) is 5.73 Å². The first-order valence-electron chi connectivity index (χ1n) is 5.41. The number of aromatic hydroxyl groups is 1. The summed E-state index contributed by atoms with van der Waals surface area (Å²) in [7, 11) is 1.45. The quantitative estimate of drug-likeness (QED) is 0.775. The fraction of sp³-hybridized carbons (Fsp3) is 0.417. The summed E-state index contributed by atoms with van der Waals surface area (Å²) in [4.78, 5) is 10.6. The van der Waals surface area contributed by atoms with Gasteiger partial charge in [-0.05, 0) is 46.5 Å². The van der Waals surface area contributed by atoms with Crippen LogP contribution in [0.3, 0.4) is 0 Å². The molecule has 1 aromatic rings. The average Bonchev–Trinajstić information content (AvgIpc) is 2.26. The fourth-order valence-electron chi connectivity index (χ4n) is 1.83. The van der Waals surface area contributed by atoms with Gasteiger partial charge in [0.25, 0.3) is 0 Å². The van der Waals surface area contributed by atoms with Crippen molar-refractivity contribution in [2.75, 3.05) is 7.11 Å². The van der Waals surface area contributed by atoms with E-state index in [4.69, 9.17) is 15.6 Å². The number of aryl methyl sites for hydroxylation is 1. The predicted molar refractivity (Wildman–Crippen MR) is 70.9 cm³/mol. The molecule has 0 aromatic heterocycles. The molecule has 6 heteroatoms. The van der Waals surface area contributed by atoms with E-state index in [2.05, 4.69) is 15.9 Å². The molecule has 1 aromatic carbocycles. The van der Waals surface area contributed by atoms with E-state index in [0.29, 0.717) is 16.6 Å². The third-order valence-electron chi connectivity index (χ3n) is 2.69. The lowest BCUT2D eigenvalue weighted by Crippen LogP contribution is -2.14. The lowest BCUT2D eigenvalue weighted by molar-refractivity contribution is -0.137. The van der Waals surface area contributed by atoms with Crippen LogP contribution in [0.2, 0.25) is 0 Å². The van der Waals surface area contributed by atoms with Gasteiger partial charge in [-0.1, -0.05) is 0 Å². The Morgan fingerprint density at radius 2 is 2.22 bits per heavy atom. The molecule has 18 heavy (non-hydrogen) atoms. The van der Waals surface area contributed by atoms with E-state index in [1.807, 2.05) is 0 Å². The lowest BCUT2D eigenvalue weighted by atomic mass is 9.97. The molecule has 5 nitrogen and oxygen atoms in total. The normalized spacial score (nSPS) is 12.2. The molecule has 0 aliphatic carbocycles. The smallest absolute Gasteiger partial charge is 0.303 e. The number of aliphatic carboxylic acids is 1. The molecule has 0 saturated heterocycles. The van der Waals surface area contributed by atoms with Gasteiger partial charge < -0.3 is 20.7 Å². The fourth-order valence-corrected chi connectivity index (χ4v) is 2.80. The topological polar surface area (TPSA) is 92.8 Å². The van der Waals surface area contributed by atoms with Crippen LogP contribution < -0.4 is 10.5 Å². The van der Waals surface area contributed by atoms with Gasteiger partial charge in [0.15, 0.2) is 11.5 Å². The second-order valence-electron chi connectivity index (χ2n) is 4.01. The van der Waals surface area contributed by atoms with Crippen molar-refractivity contribution < 1.29 is 19.7 Å². The van der Waals surface area contributed by atoms with Crippen LogP contribution in [0.1, 0.15) is 30.0 Å². The predicted octanol–water partition coefficient (Wildman–Crippen LogP) is 2.34. The molecule has 1 rings (SSSR count). The van der Waals surface area contributed by atoms with Crippen molar-refractivity contribution in [3.63, 3.8) is 0 Å². The number of rotatable bonds is 5. The molecule has 0 aliphatic heterocycles. The molecule has 0 saturated carbocycles. The maximum atomic E-state index is 10.6. The minimum atomic E-state index is -0.884. The zero-order valence-electron chi connectivity index (χ0n) is 10.2. The molecule has 1 unspecified atom stereocenters. The van der Waals surface area contributed by atoms with Gasteiger partial charge in [-0.2, -0.15) is 0 Å². The number of phenols is 1. The van der Waals surface area contributed by atoms with Crippen molar-refractivity contribution in [3.8, 4) is 11.5 Å². The Hall–Kier alpha value is -1.27. The Balaban J connectivity index is 3.11. The van der Waals surface area contributed by atoms with Crippen molar-refractivity contribution in [1.82, 2.24) is 0 Å². The molecule has 100 valence electrons. The van der Waals surface area contributed by atoms with Gasteiger partial charge in [0.1, 0.15) is 0 Å². The molecule has 1 atom stereocenters. The van der Waals surface area contributed by atoms with Crippen molar-refractivity contribution in [3.05, 3.63) is 21.7 Å². The highest BCUT2D eigenvalue weighted by Crippen LogP contribution is 2.41. The molecule has 0 heterocycles. The van der Waals surface area contributed by atoms with Crippen LogP contribution in [0, 0.1) is 6.92 Å². The number of carboxylic acid groups (broad SMARTS) is 1. The molecule has 0 spiro atoms. The number of ether oxygens (including phenoxy) is 1. The van der Waals surface area contributed by atoms with E-state index in [9.17, 15) is 9.90 Å². The minimum absolute atomic E-state index is 0.00373. The van der Waals surface area contributed by atoms with E-state index < -0.39 is 12.0 Å². The van der Waals surface area contributed by atoms with Crippen LogP contribution in [-0.2, 0) is 4.79 Å². The Labute approximate surface area is 114 Å². The largest absolute Gasteiger partial charge is 0.504 e. The summed E-state index contributed by atoms with van der Waals surface area (Å²) >= 11 is 3.34. The second-order valence-corrected chi connectivity index (χ2v) is 4.81. The number of hydrogen-bond donors (Lipinski definition) is 3. The highest BCUT2D eigenvalue weighted by atomic mass is 79.9. The van der Waals surface area contributed by atoms with Crippen LogP contribution in [0.15, 0.2) is 10.5 Å². The van der Waals surface area contributed by atoms with E-state index in [1.165, 1.54) is 7.11 Å². The van der Waals surface area contributed by atoms with Crippen LogP contribution in [-0.4, -0.2) is 23.3 Å². The van der Waals surface area contributed by atoms with Gasteiger partial charge in [-0.15, -0.1) is 0 Å². The summed E-state index contributed by atoms with van der Waals surface area (Å²) < 4.78 is 5.65. The van der Waals surface area contributed by atoms with Gasteiger partial charge in [0, 0.05) is 12.5 Å². The van der Waals surface area contributed by atoms with Gasteiger partial charge in [0.2, 0.25) is 0 Å². The zero-order chi connectivity index (χ0) is 13.9. The minimum Gasteiger partial charge on any atom is -0.504 e. The zero-order valence-corrected chi connectivity index (χ0v) is 11.8. The van der Waals surface area contributed by atoms with Crippen LogP contribution >= 0.6 is 15.9 Å². The maximum Gasteiger partial charge on any atom is 0.303 e. The Morgan fingerprint density at radius 3 is 2.72 bits per heavy atom. The summed E-state index contributed by atoms with van der Waals surface area (Å²) in [5.41, 5.74) is 7.53. The standard InChI is InChI=1S/C12H16BrNO4/c1-6-5-8(15)12(18-2)11(13)10(6)7(14)3-4-9(16)17/h5,7,15H,3-4,14H2,1-2H3,(H,16,17). The lowest BCUT2D eigenvalue weighted by Gasteiger charge is -2.19. The number of nitrogens with two attached hydrogens (primary N) is 1. The molecule has 4 N–H and O–H groups in total. The van der Waals surface area contributed by atoms with E-state index >= 15 is 0 Å². The summed E-state index contributed by atoms with van der Waals surface area (Å²) in [6.07, 6.45) is 0.318. The first kappa shape index (κ1) is 14.8. The number of methoxy groups -OCH3 is 1. The van der Waals surface area contributed by atoms with Crippen molar-refractivity contribution >= 4 is 21.9 Å². The van der Waals surface area contributed by atoms with Gasteiger partial charge in [-0.3, -0.25) is 4.79 Å². The van der Waals surface area contributed by atoms with Gasteiger partial charge >= 0.3 is 5.97 Å². The highest BCUT2D eigenvalue weighted by molar-refractivity contribution is 9.10. The van der Waals surface area contributed by atoms with Crippen molar-refractivity contribution in [1.29, 1.82) is 0 Å². The van der Waals surface area contributed by atoms with E-state index in [1.54, 1.807) is 13.0 Å². The molecule has 0 radical (unpaired) electrons. The van der Waals surface area contributed by atoms with Crippen LogP contribution in [0.5, 0.6) is 11.5 Å². The van der Waals surface area contributed by atoms with Gasteiger partial charge in [0.05, 0.1) is 11.6 Å². The Bertz CT molecular complexity index is 462. The van der Waals surface area contributed by atoms with E-state index in [0.717, 1.165) is 11.1 Å². The third-order valence-corrected chi connectivity index (χ3v) is 3.48. The van der Waals surface area contributed by atoms with Crippen LogP contribution in [0.25, 0.3) is 0 Å². The molecular weight excluding hydrogens is 302 g/mol. The second kappa shape index (κ2) is 6.06. The Kier molecular flexibility index (Phi) is 4.98. The highest BCUT2D eigenvalue weighted by Gasteiger charge is 2.20. The SMILES string of the molecule is COc1c(O)cc(C)c(C(N)CCC(=O)O)c1Br. The molecule has 0 amide bonds. The third kappa shape index (κ3) is 3.14. The molecular formula is C12H16BrNO4. The van der Waals surface area contributed by atoms with Crippen molar-refractivity contribution in [2.45, 2.75) is 25.8 Å². The maximum absolute atomic E-state index is 10.6. The number of carboxylic acids is 1. The number of phenolic OH excluding ortho intramolecular Hbond substituents is 1. The first-order valence-corrected chi connectivity index (χ1v) is 6.21. The summed E-state index contributed by atoms with van der Waals surface area (Å²) in [6.45, 7) is 1.81. The number of hydrogen-bond acceptors (Lipinski definition) is 4. The monoisotopic (exact) mass is 317 g/mol. The van der Waals surface area contributed by atoms with Gasteiger partial charge in [-0.25, -0.2) is 0 Å². The average molecular weight is 318 g/mol. The molecule has 0 aliphatic rings. The summed E-state index contributed by atoms with van der Waals surface area (Å²) in [5.74, 6) is -0.553. The summed E-state index contributed by atoms with van der Waals surface area (Å²) in [6, 6.07) is 1.13. The molecule has 0 fully saturated rings. The van der Waals surface area contributed by atoms with Crippen LogP contribution in [0.4, 0.5) is 0 Å². The number of halogens is 1. The number of benzene rings is 1. The first-order chi connectivity index (χ1) is 8.38. The summed E-state index contributed by atoms with van der Waals surface area (Å²) in [5, 5.41) is 18.4. The number of carbonyl (C=O) groups is 1. The van der Waals surface area contributed by atoms with E-state index in [-0.39, 0.29) is 12.2 Å². The Morgan fingerprint density at radius 1 is 1.61 bits per heavy atom.